The molecular weight excluding hydrogens is 154 g/mol. The van der Waals surface area contributed by atoms with Gasteiger partial charge in [0.1, 0.15) is 0 Å². The molecular formula is C9H17NO2. The third-order valence-electron chi connectivity index (χ3n) is 2.24. The van der Waals surface area contributed by atoms with Crippen LogP contribution in [0.3, 0.4) is 0 Å². The van der Waals surface area contributed by atoms with Crippen LogP contribution in [0.4, 0.5) is 0 Å². The Bertz CT molecular complexity index is 159. The van der Waals surface area contributed by atoms with E-state index in [-0.39, 0.29) is 12.5 Å². The van der Waals surface area contributed by atoms with Crippen molar-refractivity contribution in [3.63, 3.8) is 0 Å². The van der Waals surface area contributed by atoms with Crippen LogP contribution >= 0.6 is 0 Å². The van der Waals surface area contributed by atoms with Crippen molar-refractivity contribution >= 4 is 5.91 Å². The number of aliphatic hydroxyl groups excluding tert-OH is 1. The van der Waals surface area contributed by atoms with Gasteiger partial charge in [-0.25, -0.2) is 0 Å². The predicted molar refractivity (Wildman–Crippen MR) is 46.7 cm³/mol. The number of carbonyl (C=O) groups excluding carboxylic acids is 1. The van der Waals surface area contributed by atoms with Gasteiger partial charge in [-0.2, -0.15) is 0 Å². The number of unbranched alkanes of at least 4 members (excludes halogenated alkanes) is 1. The highest BCUT2D eigenvalue weighted by molar-refractivity contribution is 5.78. The van der Waals surface area contributed by atoms with E-state index in [1.54, 1.807) is 0 Å². The average Bonchev–Trinajstić information content (AvgIpc) is 2.31. The molecule has 1 atom stereocenters. The molecule has 0 spiro atoms. The summed E-state index contributed by atoms with van der Waals surface area (Å²) >= 11 is 0. The molecule has 0 aromatic heterocycles. The number of hydrogen-bond acceptors (Lipinski definition) is 2. The molecule has 1 aliphatic heterocycles. The van der Waals surface area contributed by atoms with Crippen molar-refractivity contribution < 1.29 is 9.90 Å². The van der Waals surface area contributed by atoms with E-state index in [2.05, 4.69) is 6.92 Å². The molecule has 1 unspecified atom stereocenters. The quantitative estimate of drug-likeness (QED) is 0.630. The van der Waals surface area contributed by atoms with Crippen molar-refractivity contribution in [2.45, 2.75) is 26.2 Å². The minimum Gasteiger partial charge on any atom is -0.396 e. The summed E-state index contributed by atoms with van der Waals surface area (Å²) in [6.07, 6.45) is 2.44. The van der Waals surface area contributed by atoms with Crippen LogP contribution < -0.4 is 0 Å². The van der Waals surface area contributed by atoms with Crippen LogP contribution in [0.1, 0.15) is 26.2 Å². The SMILES string of the molecule is CC1CC(=O)N(CCCCO)C1. The van der Waals surface area contributed by atoms with Gasteiger partial charge in [-0.15, -0.1) is 0 Å². The lowest BCUT2D eigenvalue weighted by Crippen LogP contribution is -2.26. The Morgan fingerprint density at radius 3 is 2.83 bits per heavy atom. The van der Waals surface area contributed by atoms with Gasteiger partial charge < -0.3 is 10.0 Å². The Balaban J connectivity index is 2.19. The number of aliphatic hydroxyl groups is 1. The van der Waals surface area contributed by atoms with Gasteiger partial charge in [0.15, 0.2) is 0 Å². The normalized spacial score (nSPS) is 23.7. The fourth-order valence-corrected chi connectivity index (χ4v) is 1.60. The third-order valence-corrected chi connectivity index (χ3v) is 2.24. The molecule has 1 N–H and O–H groups in total. The zero-order chi connectivity index (χ0) is 8.97. The van der Waals surface area contributed by atoms with Gasteiger partial charge in [0.05, 0.1) is 0 Å². The summed E-state index contributed by atoms with van der Waals surface area (Å²) in [6.45, 7) is 4.07. The molecule has 3 heteroatoms. The van der Waals surface area contributed by atoms with Crippen molar-refractivity contribution in [3.05, 3.63) is 0 Å². The Morgan fingerprint density at radius 2 is 2.33 bits per heavy atom. The Labute approximate surface area is 73.4 Å². The maximum atomic E-state index is 11.2. The molecule has 3 nitrogen and oxygen atoms in total. The van der Waals surface area contributed by atoms with E-state index in [1.807, 2.05) is 4.90 Å². The molecule has 0 aromatic carbocycles. The molecule has 0 radical (unpaired) electrons. The molecule has 12 heavy (non-hydrogen) atoms. The van der Waals surface area contributed by atoms with Crippen molar-refractivity contribution in [2.24, 2.45) is 5.92 Å². The Kier molecular flexibility index (Phi) is 3.53. The molecule has 1 aliphatic rings. The summed E-state index contributed by atoms with van der Waals surface area (Å²) in [7, 11) is 0. The molecule has 70 valence electrons. The Hall–Kier alpha value is -0.570. The highest BCUT2D eigenvalue weighted by Gasteiger charge is 2.25. The third kappa shape index (κ3) is 2.48. The number of amides is 1. The zero-order valence-electron chi connectivity index (χ0n) is 7.62. The summed E-state index contributed by atoms with van der Waals surface area (Å²) in [5.41, 5.74) is 0. The van der Waals surface area contributed by atoms with Crippen LogP contribution in [0.25, 0.3) is 0 Å². The summed E-state index contributed by atoms with van der Waals surface area (Å²) in [5, 5.41) is 8.55. The molecule has 0 aliphatic carbocycles. The second kappa shape index (κ2) is 4.45. The van der Waals surface area contributed by atoms with Crippen molar-refractivity contribution in [2.75, 3.05) is 19.7 Å². The lowest BCUT2D eigenvalue weighted by atomic mass is 10.2. The zero-order valence-corrected chi connectivity index (χ0v) is 7.62. The molecule has 1 amide bonds. The van der Waals surface area contributed by atoms with Gasteiger partial charge in [-0.1, -0.05) is 6.92 Å². The van der Waals surface area contributed by atoms with E-state index in [1.165, 1.54) is 0 Å². The molecule has 0 aromatic rings. The van der Waals surface area contributed by atoms with Gasteiger partial charge in [-0.05, 0) is 18.8 Å². The Morgan fingerprint density at radius 1 is 1.58 bits per heavy atom. The van der Waals surface area contributed by atoms with Crippen LogP contribution in [0.2, 0.25) is 0 Å². The molecule has 1 heterocycles. The fourth-order valence-electron chi connectivity index (χ4n) is 1.60. The fraction of sp³-hybridized carbons (Fsp3) is 0.889. The monoisotopic (exact) mass is 171 g/mol. The van der Waals surface area contributed by atoms with Crippen LogP contribution in [-0.2, 0) is 4.79 Å². The van der Waals surface area contributed by atoms with Crippen molar-refractivity contribution in [1.29, 1.82) is 0 Å². The maximum Gasteiger partial charge on any atom is 0.222 e. The topological polar surface area (TPSA) is 40.5 Å². The van der Waals surface area contributed by atoms with Crippen LogP contribution in [0.5, 0.6) is 0 Å². The maximum absolute atomic E-state index is 11.2. The lowest BCUT2D eigenvalue weighted by molar-refractivity contribution is -0.127. The average molecular weight is 171 g/mol. The number of rotatable bonds is 4. The summed E-state index contributed by atoms with van der Waals surface area (Å²) < 4.78 is 0. The van der Waals surface area contributed by atoms with Crippen LogP contribution in [0.15, 0.2) is 0 Å². The molecule has 1 saturated heterocycles. The van der Waals surface area contributed by atoms with E-state index in [0.29, 0.717) is 12.3 Å². The smallest absolute Gasteiger partial charge is 0.222 e. The standard InChI is InChI=1S/C9H17NO2/c1-8-6-9(12)10(7-8)4-2-3-5-11/h8,11H,2-7H2,1H3. The number of hydrogen-bond donors (Lipinski definition) is 1. The predicted octanol–water partition coefficient (Wildman–Crippen LogP) is 0.627. The minimum absolute atomic E-state index is 0.234. The van der Waals surface area contributed by atoms with Gasteiger partial charge in [0, 0.05) is 26.1 Å². The first kappa shape index (κ1) is 9.52. The largest absolute Gasteiger partial charge is 0.396 e. The summed E-state index contributed by atoms with van der Waals surface area (Å²) in [6, 6.07) is 0. The highest BCUT2D eigenvalue weighted by Crippen LogP contribution is 2.16. The van der Waals surface area contributed by atoms with Gasteiger partial charge in [0.2, 0.25) is 5.91 Å². The van der Waals surface area contributed by atoms with Crippen LogP contribution in [-0.4, -0.2) is 35.6 Å². The lowest BCUT2D eigenvalue weighted by Gasteiger charge is -2.14. The number of likely N-dealkylation sites (tertiary alicyclic amines) is 1. The van der Waals surface area contributed by atoms with E-state index in [0.717, 1.165) is 25.9 Å². The number of carbonyl (C=O) groups is 1. The van der Waals surface area contributed by atoms with Gasteiger partial charge in [0.25, 0.3) is 0 Å². The van der Waals surface area contributed by atoms with E-state index in [9.17, 15) is 4.79 Å². The van der Waals surface area contributed by atoms with E-state index >= 15 is 0 Å². The van der Waals surface area contributed by atoms with Gasteiger partial charge in [-0.3, -0.25) is 4.79 Å². The van der Waals surface area contributed by atoms with Crippen LogP contribution in [0, 0.1) is 5.92 Å². The van der Waals surface area contributed by atoms with Crippen molar-refractivity contribution in [3.8, 4) is 0 Å². The first-order chi connectivity index (χ1) is 5.74. The summed E-state index contributed by atoms with van der Waals surface area (Å²) in [4.78, 5) is 13.1. The minimum atomic E-state index is 0.234. The first-order valence-electron chi connectivity index (χ1n) is 4.62. The number of nitrogens with zero attached hydrogens (tertiary/aromatic N) is 1. The van der Waals surface area contributed by atoms with Crippen molar-refractivity contribution in [1.82, 2.24) is 4.90 Å². The second-order valence-corrected chi connectivity index (χ2v) is 3.58. The molecule has 1 fully saturated rings. The molecule has 0 bridgehead atoms. The van der Waals surface area contributed by atoms with Gasteiger partial charge >= 0.3 is 0 Å². The molecule has 0 saturated carbocycles. The first-order valence-corrected chi connectivity index (χ1v) is 4.62. The highest BCUT2D eigenvalue weighted by atomic mass is 16.2. The van der Waals surface area contributed by atoms with E-state index < -0.39 is 0 Å². The second-order valence-electron chi connectivity index (χ2n) is 3.58. The van der Waals surface area contributed by atoms with E-state index in [4.69, 9.17) is 5.11 Å². The summed E-state index contributed by atoms with van der Waals surface area (Å²) in [5.74, 6) is 0.798. The molecule has 1 rings (SSSR count).